The minimum absolute atomic E-state index is 0.149. The van der Waals surface area contributed by atoms with Gasteiger partial charge in [0.15, 0.2) is 5.37 Å². The molecular formula is C9H16N2O5S2. The fourth-order valence-electron chi connectivity index (χ4n) is 0.723. The molecule has 9 heteroatoms. The van der Waals surface area contributed by atoms with Gasteiger partial charge >= 0.3 is 5.97 Å². The number of carbonyl (C=O) groups excluding carboxylic acids is 2. The molecule has 18 heavy (non-hydrogen) atoms. The molecule has 0 aromatic rings. The summed E-state index contributed by atoms with van der Waals surface area (Å²) in [5.41, 5.74) is 5.38. The lowest BCUT2D eigenvalue weighted by atomic mass is 10.2. The van der Waals surface area contributed by atoms with E-state index in [-0.39, 0.29) is 6.42 Å². The Morgan fingerprint density at radius 3 is 2.33 bits per heavy atom. The number of rotatable bonds is 7. The number of hydrogen-bond acceptors (Lipinski definition) is 7. The van der Waals surface area contributed by atoms with Crippen LogP contribution in [0.1, 0.15) is 20.3 Å². The van der Waals surface area contributed by atoms with E-state index in [9.17, 15) is 14.4 Å². The fourth-order valence-corrected chi connectivity index (χ4v) is 2.78. The van der Waals surface area contributed by atoms with Crippen molar-refractivity contribution >= 4 is 38.6 Å². The van der Waals surface area contributed by atoms with Crippen LogP contribution in [-0.4, -0.2) is 44.7 Å². The first kappa shape index (κ1) is 17.2. The monoisotopic (exact) mass is 296 g/mol. The number of aliphatic carboxylic acids is 1. The van der Waals surface area contributed by atoms with Crippen LogP contribution < -0.4 is 11.1 Å². The lowest BCUT2D eigenvalue weighted by molar-refractivity contribution is -0.139. The molecule has 1 amide bonds. The molecule has 0 rings (SSSR count). The van der Waals surface area contributed by atoms with Crippen LogP contribution in [0.25, 0.3) is 0 Å². The molecule has 0 heterocycles. The first-order valence-corrected chi connectivity index (χ1v) is 7.33. The van der Waals surface area contributed by atoms with Crippen molar-refractivity contribution in [2.45, 2.75) is 37.8 Å². The van der Waals surface area contributed by atoms with Gasteiger partial charge in [0.25, 0.3) is 0 Å². The maximum Gasteiger partial charge on any atom is 0.337 e. The number of carboxylic acids is 1. The second kappa shape index (κ2) is 8.35. The van der Waals surface area contributed by atoms with Gasteiger partial charge in [-0.05, 0) is 28.5 Å². The van der Waals surface area contributed by atoms with Crippen molar-refractivity contribution in [1.82, 2.24) is 5.32 Å². The molecule has 0 aliphatic rings. The summed E-state index contributed by atoms with van der Waals surface area (Å²) in [6.07, 6.45) is -0.866. The van der Waals surface area contributed by atoms with Gasteiger partial charge in [-0.1, -0.05) is 6.92 Å². The van der Waals surface area contributed by atoms with E-state index >= 15 is 0 Å². The smallest absolute Gasteiger partial charge is 0.337 e. The van der Waals surface area contributed by atoms with Crippen molar-refractivity contribution in [1.29, 1.82) is 0 Å². The van der Waals surface area contributed by atoms with Gasteiger partial charge in [0, 0.05) is 6.42 Å². The molecule has 5 N–H and O–H groups in total. The highest BCUT2D eigenvalue weighted by molar-refractivity contribution is 8.82. The molecule has 7 nitrogen and oxygen atoms in total. The second-order valence-corrected chi connectivity index (χ2v) is 5.71. The van der Waals surface area contributed by atoms with Crippen LogP contribution in [0.4, 0.5) is 0 Å². The quantitative estimate of drug-likeness (QED) is 0.367. The molecular weight excluding hydrogens is 280 g/mol. The van der Waals surface area contributed by atoms with Crippen LogP contribution in [0.2, 0.25) is 0 Å². The summed E-state index contributed by atoms with van der Waals surface area (Å²) in [6.45, 7) is 2.95. The van der Waals surface area contributed by atoms with Crippen molar-refractivity contribution in [3.05, 3.63) is 0 Å². The molecule has 0 saturated carbocycles. The topological polar surface area (TPSA) is 130 Å². The van der Waals surface area contributed by atoms with Crippen molar-refractivity contribution in [2.75, 3.05) is 0 Å². The first-order chi connectivity index (χ1) is 8.29. The molecule has 0 aromatic carbocycles. The number of hydrogen-bond donors (Lipinski definition) is 4. The van der Waals surface area contributed by atoms with Crippen LogP contribution in [0.3, 0.4) is 0 Å². The maximum absolute atomic E-state index is 11.4. The average molecular weight is 296 g/mol. The predicted molar refractivity (Wildman–Crippen MR) is 69.7 cm³/mol. The van der Waals surface area contributed by atoms with Crippen LogP contribution in [0, 0.1) is 0 Å². The average Bonchev–Trinajstić information content (AvgIpc) is 2.31. The number of carbonyl (C=O) groups is 3. The third kappa shape index (κ3) is 6.24. The lowest BCUT2D eigenvalue weighted by Crippen LogP contribution is -2.40. The van der Waals surface area contributed by atoms with E-state index in [0.29, 0.717) is 21.6 Å². The summed E-state index contributed by atoms with van der Waals surface area (Å²) < 4.78 is 0. The van der Waals surface area contributed by atoms with Crippen LogP contribution in [-0.2, 0) is 14.4 Å². The van der Waals surface area contributed by atoms with Crippen molar-refractivity contribution in [2.24, 2.45) is 5.73 Å². The fraction of sp³-hybridized carbons (Fsp3) is 0.667. The molecule has 0 saturated heterocycles. The van der Waals surface area contributed by atoms with Gasteiger partial charge < -0.3 is 21.3 Å². The van der Waals surface area contributed by atoms with E-state index in [1.54, 1.807) is 6.92 Å². The number of nitrogens with one attached hydrogen (secondary N) is 1. The number of nitrogens with two attached hydrogens (primary N) is 1. The second-order valence-electron chi connectivity index (χ2n) is 3.40. The molecule has 0 spiro atoms. The Labute approximate surface area is 112 Å². The number of carboxylic acid groups (broad SMARTS) is 1. The highest BCUT2D eigenvalue weighted by Crippen LogP contribution is 2.27. The zero-order valence-corrected chi connectivity index (χ0v) is 11.6. The zero-order valence-electron chi connectivity index (χ0n) is 9.95. The first-order valence-electron chi connectivity index (χ1n) is 5.12. The summed E-state index contributed by atoms with van der Waals surface area (Å²) in [7, 11) is 1.27. The summed E-state index contributed by atoms with van der Waals surface area (Å²) in [5, 5.41) is 18.4. The standard InChI is InChI=1S/C9H16N2O5S2/c1-3-5(13)11-7(8(14)15)17-18-9(16)6(10)4(2)12/h4,6-7,12H,3,10H2,1-2H3,(H,11,13)(H,14,15). The Kier molecular flexibility index (Phi) is 8.00. The number of aliphatic hydroxyl groups excluding tert-OH is 1. The molecule has 0 aliphatic heterocycles. The van der Waals surface area contributed by atoms with Gasteiger partial charge in [-0.3, -0.25) is 9.59 Å². The molecule has 0 radical (unpaired) electrons. The largest absolute Gasteiger partial charge is 0.479 e. The molecule has 0 fully saturated rings. The highest BCUT2D eigenvalue weighted by Gasteiger charge is 2.25. The normalized spacial score (nSPS) is 15.6. The van der Waals surface area contributed by atoms with Crippen molar-refractivity contribution in [3.63, 3.8) is 0 Å². The van der Waals surface area contributed by atoms with E-state index in [2.05, 4.69) is 5.32 Å². The minimum Gasteiger partial charge on any atom is -0.479 e. The Morgan fingerprint density at radius 2 is 1.94 bits per heavy atom. The number of amides is 1. The summed E-state index contributed by atoms with van der Waals surface area (Å²) in [6, 6.07) is -1.08. The highest BCUT2D eigenvalue weighted by atomic mass is 33.1. The summed E-state index contributed by atoms with van der Waals surface area (Å²) >= 11 is 0. The zero-order chi connectivity index (χ0) is 14.3. The lowest BCUT2D eigenvalue weighted by Gasteiger charge is -2.15. The van der Waals surface area contributed by atoms with E-state index in [4.69, 9.17) is 15.9 Å². The van der Waals surface area contributed by atoms with Gasteiger partial charge in [-0.15, -0.1) is 0 Å². The molecule has 0 aromatic heterocycles. The Balaban J connectivity index is 4.32. The molecule has 0 aliphatic carbocycles. The molecule has 3 atom stereocenters. The molecule has 3 unspecified atom stereocenters. The summed E-state index contributed by atoms with van der Waals surface area (Å²) in [5.74, 6) is -1.68. The van der Waals surface area contributed by atoms with E-state index < -0.39 is 34.5 Å². The SMILES string of the molecule is CCC(=O)NC(SSC(=O)C(N)C(C)O)C(=O)O. The third-order valence-corrected chi connectivity index (χ3v) is 4.26. The van der Waals surface area contributed by atoms with Crippen molar-refractivity contribution < 1.29 is 24.6 Å². The van der Waals surface area contributed by atoms with E-state index in [1.807, 2.05) is 0 Å². The Hall–Kier alpha value is -0.770. The van der Waals surface area contributed by atoms with Gasteiger partial charge in [0.1, 0.15) is 6.04 Å². The third-order valence-electron chi connectivity index (χ3n) is 1.86. The van der Waals surface area contributed by atoms with Crippen molar-refractivity contribution in [3.8, 4) is 0 Å². The minimum atomic E-state index is -1.26. The van der Waals surface area contributed by atoms with Crippen LogP contribution in [0.5, 0.6) is 0 Å². The molecule has 0 bridgehead atoms. The maximum atomic E-state index is 11.4. The Morgan fingerprint density at radius 1 is 1.39 bits per heavy atom. The molecule has 104 valence electrons. The Bertz CT molecular complexity index is 324. The van der Waals surface area contributed by atoms with E-state index in [0.717, 1.165) is 0 Å². The van der Waals surface area contributed by atoms with E-state index in [1.165, 1.54) is 6.92 Å². The summed E-state index contributed by atoms with van der Waals surface area (Å²) in [4.78, 5) is 33.3. The van der Waals surface area contributed by atoms with Gasteiger partial charge in [-0.25, -0.2) is 4.79 Å². The van der Waals surface area contributed by atoms with Crippen LogP contribution in [0.15, 0.2) is 0 Å². The number of aliphatic hydroxyl groups is 1. The van der Waals surface area contributed by atoms with Gasteiger partial charge in [0.2, 0.25) is 11.0 Å². The van der Waals surface area contributed by atoms with Crippen LogP contribution >= 0.6 is 21.6 Å². The van der Waals surface area contributed by atoms with Gasteiger partial charge in [0.05, 0.1) is 6.10 Å². The predicted octanol–water partition coefficient (Wildman–Crippen LogP) is -0.461. The van der Waals surface area contributed by atoms with Gasteiger partial charge in [-0.2, -0.15) is 0 Å².